The van der Waals surface area contributed by atoms with Crippen molar-refractivity contribution in [2.75, 3.05) is 39.3 Å². The Hall–Kier alpha value is -2.82. The maximum atomic E-state index is 13.8. The second-order valence-corrected chi connectivity index (χ2v) is 12.6. The summed E-state index contributed by atoms with van der Waals surface area (Å²) < 4.78 is 0. The Labute approximate surface area is 235 Å². The van der Waals surface area contributed by atoms with Gasteiger partial charge in [0.2, 0.25) is 17.7 Å². The van der Waals surface area contributed by atoms with Crippen molar-refractivity contribution >= 4 is 29.1 Å². The van der Waals surface area contributed by atoms with Gasteiger partial charge in [0.05, 0.1) is 28.7 Å². The number of hydrogen-bond donors (Lipinski definition) is 3. The molecule has 9 nitrogen and oxygen atoms in total. The molecule has 0 saturated carbocycles. The van der Waals surface area contributed by atoms with Crippen LogP contribution in [-0.4, -0.2) is 83.9 Å². The third-order valence-corrected chi connectivity index (χ3v) is 8.59. The van der Waals surface area contributed by atoms with E-state index in [4.69, 9.17) is 0 Å². The molecule has 2 aromatic rings. The number of nitrogens with zero attached hydrogens (tertiary/aromatic N) is 3. The summed E-state index contributed by atoms with van der Waals surface area (Å²) in [4.78, 5) is 49.3. The molecule has 3 amide bonds. The summed E-state index contributed by atoms with van der Waals surface area (Å²) in [5.74, 6) is -0.503. The highest BCUT2D eigenvalue weighted by molar-refractivity contribution is 7.13. The minimum atomic E-state index is -0.707. The molecule has 0 aliphatic carbocycles. The van der Waals surface area contributed by atoms with Crippen molar-refractivity contribution in [3.8, 4) is 10.4 Å². The molecule has 2 saturated heterocycles. The van der Waals surface area contributed by atoms with Gasteiger partial charge in [-0.1, -0.05) is 45.0 Å². The van der Waals surface area contributed by atoms with E-state index in [2.05, 4.69) is 38.0 Å². The lowest BCUT2D eigenvalue weighted by Gasteiger charge is -2.36. The minimum Gasteiger partial charge on any atom is -0.348 e. The maximum absolute atomic E-state index is 13.8. The fourth-order valence-electron chi connectivity index (χ4n) is 5.29. The highest BCUT2D eigenvalue weighted by Crippen LogP contribution is 2.29. The second-order valence-electron chi connectivity index (χ2n) is 11.7. The van der Waals surface area contributed by atoms with Gasteiger partial charge in [0, 0.05) is 32.7 Å². The van der Waals surface area contributed by atoms with Crippen LogP contribution in [0.2, 0.25) is 0 Å². The molecule has 212 valence electrons. The zero-order chi connectivity index (χ0) is 28.2. The Morgan fingerprint density at radius 1 is 1.10 bits per heavy atom. The number of hydrogen-bond acceptors (Lipinski definition) is 7. The number of likely N-dealkylation sites (tertiary alicyclic amines) is 1. The molecule has 0 radical (unpaired) electrons. The average Bonchev–Trinajstić information content (AvgIpc) is 3.56. The Morgan fingerprint density at radius 2 is 1.79 bits per heavy atom. The van der Waals surface area contributed by atoms with Gasteiger partial charge < -0.3 is 20.9 Å². The molecular weight excluding hydrogens is 512 g/mol. The number of rotatable bonds is 8. The number of benzene rings is 1. The third-order valence-electron chi connectivity index (χ3n) is 7.61. The molecule has 3 heterocycles. The van der Waals surface area contributed by atoms with Gasteiger partial charge in [-0.2, -0.15) is 0 Å². The largest absolute Gasteiger partial charge is 0.348 e. The number of nitrogens with one attached hydrogen (secondary N) is 3. The van der Waals surface area contributed by atoms with Crippen LogP contribution in [0.3, 0.4) is 0 Å². The van der Waals surface area contributed by atoms with E-state index in [1.807, 2.05) is 52.3 Å². The topological polar surface area (TPSA) is 107 Å². The lowest BCUT2D eigenvalue weighted by Crippen LogP contribution is -2.59. The van der Waals surface area contributed by atoms with Crippen LogP contribution in [-0.2, 0) is 14.4 Å². The van der Waals surface area contributed by atoms with Crippen LogP contribution in [0, 0.1) is 12.3 Å². The number of piperazine rings is 1. The minimum absolute atomic E-state index is 0.157. The second kappa shape index (κ2) is 12.6. The molecule has 1 aromatic heterocycles. The van der Waals surface area contributed by atoms with Crippen molar-refractivity contribution in [2.45, 2.75) is 65.6 Å². The summed E-state index contributed by atoms with van der Waals surface area (Å²) in [6, 6.07) is 6.71. The standard InChI is InChI=1S/C29H42N6O3S/c1-19(21-8-10-22(11-9-21)25-20(2)31-18-39-25)32-27(37)23-7-6-14-35(23)28(38)26(29(3,4)5)33-24(36)17-34-15-12-30-13-16-34/h8-11,18-19,23,26,30H,6-7,12-17H2,1-5H3,(H,32,37)(H,33,36). The molecule has 2 aliphatic rings. The smallest absolute Gasteiger partial charge is 0.246 e. The number of carbonyl (C=O) groups is 3. The van der Waals surface area contributed by atoms with Gasteiger partial charge in [-0.15, -0.1) is 11.3 Å². The van der Waals surface area contributed by atoms with E-state index in [-0.39, 0.29) is 30.3 Å². The Kier molecular flexibility index (Phi) is 9.40. The quantitative estimate of drug-likeness (QED) is 0.463. The molecule has 3 atom stereocenters. The Balaban J connectivity index is 1.39. The van der Waals surface area contributed by atoms with Crippen molar-refractivity contribution in [2.24, 2.45) is 5.41 Å². The van der Waals surface area contributed by atoms with Gasteiger partial charge in [0.25, 0.3) is 0 Å². The van der Waals surface area contributed by atoms with Crippen LogP contribution < -0.4 is 16.0 Å². The van der Waals surface area contributed by atoms with Crippen LogP contribution in [0.4, 0.5) is 0 Å². The number of aromatic nitrogens is 1. The zero-order valence-corrected chi connectivity index (χ0v) is 24.6. The highest BCUT2D eigenvalue weighted by atomic mass is 32.1. The van der Waals surface area contributed by atoms with Crippen LogP contribution in [0.15, 0.2) is 29.8 Å². The lowest BCUT2D eigenvalue weighted by atomic mass is 9.85. The van der Waals surface area contributed by atoms with Crippen molar-refractivity contribution in [3.05, 3.63) is 41.0 Å². The molecule has 2 fully saturated rings. The first-order valence-corrected chi connectivity index (χ1v) is 14.8. The van der Waals surface area contributed by atoms with Crippen molar-refractivity contribution in [1.29, 1.82) is 0 Å². The summed E-state index contributed by atoms with van der Waals surface area (Å²) >= 11 is 1.61. The highest BCUT2D eigenvalue weighted by Gasteiger charge is 2.42. The van der Waals surface area contributed by atoms with Gasteiger partial charge in [0.15, 0.2) is 0 Å². The molecule has 2 aliphatic heterocycles. The van der Waals surface area contributed by atoms with Gasteiger partial charge in [-0.25, -0.2) is 4.98 Å². The van der Waals surface area contributed by atoms with E-state index in [9.17, 15) is 14.4 Å². The van der Waals surface area contributed by atoms with Gasteiger partial charge in [-0.05, 0) is 43.2 Å². The van der Waals surface area contributed by atoms with Crippen molar-refractivity contribution in [1.82, 2.24) is 30.7 Å². The first-order valence-electron chi connectivity index (χ1n) is 13.9. The van der Waals surface area contributed by atoms with E-state index >= 15 is 0 Å². The zero-order valence-electron chi connectivity index (χ0n) is 23.8. The number of amides is 3. The van der Waals surface area contributed by atoms with E-state index in [0.717, 1.165) is 54.3 Å². The van der Waals surface area contributed by atoms with Crippen molar-refractivity contribution in [3.63, 3.8) is 0 Å². The fraction of sp³-hybridized carbons (Fsp3) is 0.586. The molecule has 0 spiro atoms. The first-order chi connectivity index (χ1) is 18.5. The number of aryl methyl sites for hydroxylation is 1. The van der Waals surface area contributed by atoms with E-state index in [1.54, 1.807) is 16.2 Å². The third kappa shape index (κ3) is 7.23. The van der Waals surface area contributed by atoms with Gasteiger partial charge in [-0.3, -0.25) is 19.3 Å². The van der Waals surface area contributed by atoms with E-state index < -0.39 is 17.5 Å². The Bertz CT molecular complexity index is 1150. The molecule has 0 bridgehead atoms. The molecule has 10 heteroatoms. The van der Waals surface area contributed by atoms with Crippen LogP contribution in [0.25, 0.3) is 10.4 Å². The summed E-state index contributed by atoms with van der Waals surface area (Å²) in [6.07, 6.45) is 1.37. The molecule has 4 rings (SSSR count). The predicted molar refractivity (Wildman–Crippen MR) is 154 cm³/mol. The molecular formula is C29H42N6O3S. The van der Waals surface area contributed by atoms with Crippen LogP contribution in [0.1, 0.15) is 57.8 Å². The summed E-state index contributed by atoms with van der Waals surface area (Å²) in [6.45, 7) is 13.9. The predicted octanol–water partition coefficient (Wildman–Crippen LogP) is 2.72. The number of carbonyl (C=O) groups excluding carboxylic acids is 3. The summed E-state index contributed by atoms with van der Waals surface area (Å²) in [5.41, 5.74) is 4.47. The average molecular weight is 555 g/mol. The molecule has 1 aromatic carbocycles. The lowest BCUT2D eigenvalue weighted by molar-refractivity contribution is -0.144. The summed E-state index contributed by atoms with van der Waals surface area (Å²) in [7, 11) is 0. The van der Waals surface area contributed by atoms with Crippen molar-refractivity contribution < 1.29 is 14.4 Å². The fourth-order valence-corrected chi connectivity index (χ4v) is 6.10. The molecule has 3 unspecified atom stereocenters. The van der Waals surface area contributed by atoms with Gasteiger partial charge >= 0.3 is 0 Å². The van der Waals surface area contributed by atoms with E-state index in [0.29, 0.717) is 13.0 Å². The Morgan fingerprint density at radius 3 is 2.41 bits per heavy atom. The van der Waals surface area contributed by atoms with Crippen LogP contribution in [0.5, 0.6) is 0 Å². The van der Waals surface area contributed by atoms with Gasteiger partial charge in [0.1, 0.15) is 12.1 Å². The normalized spacial score (nSPS) is 19.9. The molecule has 3 N–H and O–H groups in total. The van der Waals surface area contributed by atoms with Crippen LogP contribution >= 0.6 is 11.3 Å². The molecule has 39 heavy (non-hydrogen) atoms. The first kappa shape index (κ1) is 29.2. The SMILES string of the molecule is Cc1ncsc1-c1ccc(C(C)NC(=O)C2CCCN2C(=O)C(NC(=O)CN2CCNCC2)C(C)(C)C)cc1. The summed E-state index contributed by atoms with van der Waals surface area (Å²) in [5, 5.41) is 9.40. The number of thiazole rings is 1. The monoisotopic (exact) mass is 554 g/mol. The van der Waals surface area contributed by atoms with E-state index in [1.165, 1.54) is 0 Å². The maximum Gasteiger partial charge on any atom is 0.246 e.